The largest absolute Gasteiger partial charge is 0.505 e. The minimum Gasteiger partial charge on any atom is -0.505 e. The van der Waals surface area contributed by atoms with E-state index >= 15 is 0 Å². The Morgan fingerprint density at radius 1 is 1.21 bits per heavy atom. The number of hydrogen-bond acceptors (Lipinski definition) is 5. The van der Waals surface area contributed by atoms with Gasteiger partial charge in [-0.3, -0.25) is 19.3 Å². The Kier molecular flexibility index (Phi) is 5.98. The number of benzene rings is 2. The molecule has 1 saturated heterocycles. The lowest BCUT2D eigenvalue weighted by atomic mass is 10.2. The molecule has 3 rings (SSSR count). The fraction of sp³-hybridized carbons (Fsp3) is 0.105. The van der Waals surface area contributed by atoms with Gasteiger partial charge in [0.05, 0.1) is 15.0 Å². The van der Waals surface area contributed by atoms with Crippen molar-refractivity contribution in [3.8, 4) is 5.75 Å². The number of amides is 3. The zero-order valence-electron chi connectivity index (χ0n) is 14.5. The van der Waals surface area contributed by atoms with Crippen LogP contribution in [0.2, 0.25) is 10.0 Å². The van der Waals surface area contributed by atoms with E-state index in [1.165, 1.54) is 18.2 Å². The Labute approximate surface area is 175 Å². The molecule has 1 aliphatic rings. The predicted molar refractivity (Wildman–Crippen MR) is 111 cm³/mol. The Morgan fingerprint density at radius 2 is 1.86 bits per heavy atom. The molecule has 1 heterocycles. The van der Waals surface area contributed by atoms with E-state index in [0.717, 1.165) is 10.5 Å². The number of anilines is 1. The normalized spacial score (nSPS) is 15.4. The van der Waals surface area contributed by atoms with Gasteiger partial charge in [-0.25, -0.2) is 0 Å². The van der Waals surface area contributed by atoms with Crippen molar-refractivity contribution in [1.82, 2.24) is 4.90 Å². The minimum atomic E-state index is -0.588. The number of para-hydroxylation sites is 1. The summed E-state index contributed by atoms with van der Waals surface area (Å²) in [7, 11) is 0. The summed E-state index contributed by atoms with van der Waals surface area (Å²) in [6.07, 6.45) is 1.43. The standard InChI is InChI=1S/C19H14Cl2N2O4S/c1-10-4-2-3-5-14(10)22-16(24)9-23-18(26)15(28-19(23)27)8-11-6-12(20)17(25)13(21)7-11/h2-8,25H,9H2,1H3,(H,22,24)/b15-8-. The number of imide groups is 1. The number of rotatable bonds is 4. The summed E-state index contributed by atoms with van der Waals surface area (Å²) in [5.41, 5.74) is 1.93. The summed E-state index contributed by atoms with van der Waals surface area (Å²) in [5, 5.41) is 11.8. The number of nitrogens with one attached hydrogen (secondary N) is 1. The zero-order chi connectivity index (χ0) is 20.4. The van der Waals surface area contributed by atoms with Crippen LogP contribution in [0.1, 0.15) is 11.1 Å². The van der Waals surface area contributed by atoms with Gasteiger partial charge in [0.25, 0.3) is 11.1 Å². The number of carbonyl (C=O) groups excluding carboxylic acids is 3. The van der Waals surface area contributed by atoms with E-state index in [-0.39, 0.29) is 20.7 Å². The van der Waals surface area contributed by atoms with Gasteiger partial charge in [0, 0.05) is 5.69 Å². The molecule has 1 aliphatic heterocycles. The number of hydrogen-bond donors (Lipinski definition) is 2. The Balaban J connectivity index is 1.75. The lowest BCUT2D eigenvalue weighted by Gasteiger charge is -2.13. The maximum Gasteiger partial charge on any atom is 0.294 e. The highest BCUT2D eigenvalue weighted by molar-refractivity contribution is 8.18. The predicted octanol–water partition coefficient (Wildman–Crippen LogP) is 4.68. The maximum absolute atomic E-state index is 12.5. The number of nitrogens with zero attached hydrogens (tertiary/aromatic N) is 1. The van der Waals surface area contributed by atoms with E-state index in [1.807, 2.05) is 19.1 Å². The van der Waals surface area contributed by atoms with Crippen molar-refractivity contribution < 1.29 is 19.5 Å². The fourth-order valence-corrected chi connectivity index (χ4v) is 3.84. The molecule has 9 heteroatoms. The molecular weight excluding hydrogens is 423 g/mol. The van der Waals surface area contributed by atoms with Crippen LogP contribution in [-0.2, 0) is 9.59 Å². The summed E-state index contributed by atoms with van der Waals surface area (Å²) < 4.78 is 0. The van der Waals surface area contributed by atoms with Crippen LogP contribution in [0.5, 0.6) is 5.75 Å². The number of thioether (sulfide) groups is 1. The Hall–Kier alpha value is -2.48. The van der Waals surface area contributed by atoms with Gasteiger partial charge < -0.3 is 10.4 Å². The highest BCUT2D eigenvalue weighted by Gasteiger charge is 2.36. The lowest BCUT2D eigenvalue weighted by Crippen LogP contribution is -2.36. The van der Waals surface area contributed by atoms with Gasteiger partial charge in [-0.2, -0.15) is 0 Å². The molecule has 1 fully saturated rings. The second-order valence-corrected chi connectivity index (χ2v) is 7.77. The topological polar surface area (TPSA) is 86.7 Å². The summed E-state index contributed by atoms with van der Waals surface area (Å²) in [5.74, 6) is -1.33. The van der Waals surface area contributed by atoms with Crippen LogP contribution in [0.3, 0.4) is 0 Å². The Bertz CT molecular complexity index is 1000. The van der Waals surface area contributed by atoms with Crippen LogP contribution in [-0.4, -0.2) is 33.6 Å². The molecule has 3 amide bonds. The van der Waals surface area contributed by atoms with Crippen LogP contribution >= 0.6 is 35.0 Å². The molecule has 0 aliphatic carbocycles. The van der Waals surface area contributed by atoms with Crippen LogP contribution in [0.15, 0.2) is 41.3 Å². The first-order valence-corrected chi connectivity index (χ1v) is 9.62. The molecular formula is C19H14Cl2N2O4S. The highest BCUT2D eigenvalue weighted by Crippen LogP contribution is 2.36. The number of aromatic hydroxyl groups is 1. The number of phenolic OH excluding ortho intramolecular Hbond substituents is 1. The zero-order valence-corrected chi connectivity index (χ0v) is 16.9. The quantitative estimate of drug-likeness (QED) is 0.679. The van der Waals surface area contributed by atoms with Crippen LogP contribution in [0.25, 0.3) is 6.08 Å². The van der Waals surface area contributed by atoms with E-state index < -0.39 is 23.6 Å². The monoisotopic (exact) mass is 436 g/mol. The van der Waals surface area contributed by atoms with Crippen LogP contribution < -0.4 is 5.32 Å². The molecule has 144 valence electrons. The average Bonchev–Trinajstić information content (AvgIpc) is 2.89. The summed E-state index contributed by atoms with van der Waals surface area (Å²) in [4.78, 5) is 38.0. The maximum atomic E-state index is 12.5. The molecule has 0 unspecified atom stereocenters. The van der Waals surface area contributed by atoms with Gasteiger partial charge >= 0.3 is 0 Å². The molecule has 0 spiro atoms. The molecule has 0 saturated carbocycles. The summed E-state index contributed by atoms with van der Waals surface area (Å²) in [6, 6.07) is 10.0. The third-order valence-electron chi connectivity index (χ3n) is 3.93. The number of carbonyl (C=O) groups is 3. The van der Waals surface area contributed by atoms with Gasteiger partial charge in [-0.1, -0.05) is 41.4 Å². The first-order chi connectivity index (χ1) is 13.3. The first-order valence-electron chi connectivity index (χ1n) is 8.05. The molecule has 0 atom stereocenters. The van der Waals surface area contributed by atoms with Crippen molar-refractivity contribution in [3.05, 3.63) is 62.5 Å². The molecule has 0 radical (unpaired) electrons. The van der Waals surface area contributed by atoms with Crippen molar-refractivity contribution in [1.29, 1.82) is 0 Å². The number of aryl methyl sites for hydroxylation is 1. The van der Waals surface area contributed by atoms with E-state index in [0.29, 0.717) is 23.0 Å². The van der Waals surface area contributed by atoms with Crippen molar-refractivity contribution in [2.24, 2.45) is 0 Å². The second-order valence-electron chi connectivity index (χ2n) is 5.96. The number of halogens is 2. The van der Waals surface area contributed by atoms with E-state index in [4.69, 9.17) is 23.2 Å². The Morgan fingerprint density at radius 3 is 2.50 bits per heavy atom. The second kappa shape index (κ2) is 8.26. The molecule has 6 nitrogen and oxygen atoms in total. The molecule has 2 aromatic carbocycles. The molecule has 2 aromatic rings. The van der Waals surface area contributed by atoms with Gasteiger partial charge in [0.2, 0.25) is 5.91 Å². The first kappa shape index (κ1) is 20.3. The van der Waals surface area contributed by atoms with Crippen molar-refractivity contribution in [3.63, 3.8) is 0 Å². The van der Waals surface area contributed by atoms with Crippen molar-refractivity contribution in [2.45, 2.75) is 6.92 Å². The molecule has 0 aromatic heterocycles. The molecule has 2 N–H and O–H groups in total. The van der Waals surface area contributed by atoms with Crippen LogP contribution in [0, 0.1) is 6.92 Å². The lowest BCUT2D eigenvalue weighted by molar-refractivity contribution is -0.127. The van der Waals surface area contributed by atoms with Gasteiger partial charge in [0.15, 0.2) is 5.75 Å². The highest BCUT2D eigenvalue weighted by atomic mass is 35.5. The van der Waals surface area contributed by atoms with Crippen LogP contribution in [0.4, 0.5) is 10.5 Å². The van der Waals surface area contributed by atoms with Crippen molar-refractivity contribution >= 4 is 63.8 Å². The summed E-state index contributed by atoms with van der Waals surface area (Å²) >= 11 is 12.5. The van der Waals surface area contributed by atoms with Gasteiger partial charge in [-0.05, 0) is 54.1 Å². The SMILES string of the molecule is Cc1ccccc1NC(=O)CN1C(=O)S/C(=C\c2cc(Cl)c(O)c(Cl)c2)C1=O. The van der Waals surface area contributed by atoms with E-state index in [1.54, 1.807) is 12.1 Å². The minimum absolute atomic E-state index is 0.0237. The van der Waals surface area contributed by atoms with E-state index in [2.05, 4.69) is 5.32 Å². The average molecular weight is 437 g/mol. The molecule has 0 bridgehead atoms. The number of phenols is 1. The van der Waals surface area contributed by atoms with Crippen molar-refractivity contribution in [2.75, 3.05) is 11.9 Å². The summed E-state index contributed by atoms with van der Waals surface area (Å²) in [6.45, 7) is 1.44. The van der Waals surface area contributed by atoms with Gasteiger partial charge in [-0.15, -0.1) is 0 Å². The molecule has 28 heavy (non-hydrogen) atoms. The van der Waals surface area contributed by atoms with Gasteiger partial charge in [0.1, 0.15) is 6.54 Å². The third-order valence-corrected chi connectivity index (χ3v) is 5.42. The van der Waals surface area contributed by atoms with E-state index in [9.17, 15) is 19.5 Å². The fourth-order valence-electron chi connectivity index (χ4n) is 2.50. The smallest absolute Gasteiger partial charge is 0.294 e. The third kappa shape index (κ3) is 4.32.